The Morgan fingerprint density at radius 1 is 1.07 bits per heavy atom. The van der Waals surface area contributed by atoms with Crippen molar-refractivity contribution in [2.45, 2.75) is 0 Å². The predicted octanol–water partition coefficient (Wildman–Crippen LogP) is 2.68. The lowest BCUT2D eigenvalue weighted by molar-refractivity contribution is 0.426. The Labute approximate surface area is 80.7 Å². The van der Waals surface area contributed by atoms with Gasteiger partial charge in [-0.1, -0.05) is 24.3 Å². The van der Waals surface area contributed by atoms with Crippen LogP contribution < -0.4 is 5.32 Å². The fraction of sp³-hybridized carbons (Fsp3) is 0. The SMILES string of the molecule is [O]C1=Nc2cccc3cccc(c23)N1. The summed E-state index contributed by atoms with van der Waals surface area (Å²) in [6, 6.07) is 11.3. The van der Waals surface area contributed by atoms with Crippen molar-refractivity contribution in [2.24, 2.45) is 4.99 Å². The molecule has 3 heteroatoms. The quantitative estimate of drug-likeness (QED) is 0.670. The molecule has 14 heavy (non-hydrogen) atoms. The van der Waals surface area contributed by atoms with Gasteiger partial charge in [-0.3, -0.25) is 0 Å². The van der Waals surface area contributed by atoms with Gasteiger partial charge in [0.1, 0.15) is 0 Å². The van der Waals surface area contributed by atoms with Crippen molar-refractivity contribution in [3.63, 3.8) is 0 Å². The third kappa shape index (κ3) is 0.893. The number of hydrogen-bond donors (Lipinski definition) is 1. The van der Waals surface area contributed by atoms with Crippen LogP contribution in [0.25, 0.3) is 10.8 Å². The molecule has 1 aliphatic heterocycles. The van der Waals surface area contributed by atoms with E-state index in [0.717, 1.165) is 22.1 Å². The second kappa shape index (κ2) is 2.48. The number of nitrogens with zero attached hydrogens (tertiary/aromatic N) is 1. The van der Waals surface area contributed by atoms with Crippen LogP contribution in [0.4, 0.5) is 11.4 Å². The van der Waals surface area contributed by atoms with Gasteiger partial charge >= 0.3 is 6.02 Å². The van der Waals surface area contributed by atoms with Crippen molar-refractivity contribution in [2.75, 3.05) is 5.32 Å². The summed E-state index contributed by atoms with van der Waals surface area (Å²) in [4.78, 5) is 3.91. The van der Waals surface area contributed by atoms with E-state index >= 15 is 0 Å². The smallest absolute Gasteiger partial charge is 0.305 e. The molecule has 0 atom stereocenters. The van der Waals surface area contributed by atoms with Crippen molar-refractivity contribution >= 4 is 28.2 Å². The van der Waals surface area contributed by atoms with Crippen molar-refractivity contribution in [1.82, 2.24) is 0 Å². The highest BCUT2D eigenvalue weighted by Crippen LogP contribution is 2.34. The molecule has 1 N–H and O–H groups in total. The van der Waals surface area contributed by atoms with Crippen LogP contribution in [0.3, 0.4) is 0 Å². The first-order chi connectivity index (χ1) is 6.84. The van der Waals surface area contributed by atoms with Crippen LogP contribution in [0.1, 0.15) is 0 Å². The molecule has 2 aromatic carbocycles. The van der Waals surface area contributed by atoms with Gasteiger partial charge in [0.15, 0.2) is 0 Å². The second-order valence-corrected chi connectivity index (χ2v) is 3.22. The maximum Gasteiger partial charge on any atom is 0.345 e. The summed E-state index contributed by atoms with van der Waals surface area (Å²) >= 11 is 0. The number of anilines is 1. The zero-order valence-corrected chi connectivity index (χ0v) is 7.32. The molecule has 0 fully saturated rings. The Kier molecular flexibility index (Phi) is 1.31. The predicted molar refractivity (Wildman–Crippen MR) is 55.4 cm³/mol. The Bertz CT molecular complexity index is 541. The van der Waals surface area contributed by atoms with E-state index in [1.165, 1.54) is 0 Å². The highest BCUT2D eigenvalue weighted by atomic mass is 16.3. The summed E-state index contributed by atoms with van der Waals surface area (Å²) in [5, 5.41) is 16.0. The largest absolute Gasteiger partial charge is 0.345 e. The lowest BCUT2D eigenvalue weighted by Crippen LogP contribution is -2.11. The molecule has 1 radical (unpaired) electrons. The fourth-order valence-corrected chi connectivity index (χ4v) is 1.77. The van der Waals surface area contributed by atoms with E-state index in [1.807, 2.05) is 36.4 Å². The van der Waals surface area contributed by atoms with Crippen LogP contribution in [0.15, 0.2) is 41.4 Å². The van der Waals surface area contributed by atoms with Crippen molar-refractivity contribution in [1.29, 1.82) is 0 Å². The van der Waals surface area contributed by atoms with Gasteiger partial charge in [0.2, 0.25) is 0 Å². The first kappa shape index (κ1) is 7.38. The summed E-state index contributed by atoms with van der Waals surface area (Å²) in [5.41, 5.74) is 1.60. The summed E-state index contributed by atoms with van der Waals surface area (Å²) in [5.74, 6) is 0. The van der Waals surface area contributed by atoms with Crippen LogP contribution in [-0.4, -0.2) is 6.02 Å². The maximum atomic E-state index is 11.2. The molecule has 3 rings (SSSR count). The molecule has 0 bridgehead atoms. The fourth-order valence-electron chi connectivity index (χ4n) is 1.77. The zero-order chi connectivity index (χ0) is 9.54. The molecule has 0 aromatic heterocycles. The molecule has 1 heterocycles. The first-order valence-corrected chi connectivity index (χ1v) is 4.39. The van der Waals surface area contributed by atoms with E-state index in [-0.39, 0.29) is 6.02 Å². The third-order valence-corrected chi connectivity index (χ3v) is 2.35. The van der Waals surface area contributed by atoms with Gasteiger partial charge in [-0.25, -0.2) is 5.11 Å². The number of benzene rings is 2. The number of hydrogen-bond acceptors (Lipinski definition) is 2. The average Bonchev–Trinajstić information content (AvgIpc) is 2.18. The molecule has 0 spiro atoms. The monoisotopic (exact) mass is 183 g/mol. The van der Waals surface area contributed by atoms with E-state index in [2.05, 4.69) is 10.3 Å². The number of rotatable bonds is 0. The van der Waals surface area contributed by atoms with Crippen LogP contribution in [0.2, 0.25) is 0 Å². The van der Waals surface area contributed by atoms with Crippen LogP contribution in [0.5, 0.6) is 0 Å². The Morgan fingerprint density at radius 3 is 2.71 bits per heavy atom. The van der Waals surface area contributed by atoms with Gasteiger partial charge in [0.05, 0.1) is 11.4 Å². The van der Waals surface area contributed by atoms with E-state index in [1.54, 1.807) is 0 Å². The highest BCUT2D eigenvalue weighted by molar-refractivity contribution is 6.10. The Hall–Kier alpha value is -2.03. The van der Waals surface area contributed by atoms with E-state index in [9.17, 15) is 5.11 Å². The van der Waals surface area contributed by atoms with Gasteiger partial charge in [-0.05, 0) is 17.5 Å². The lowest BCUT2D eigenvalue weighted by Gasteiger charge is -2.13. The van der Waals surface area contributed by atoms with Gasteiger partial charge in [-0.15, -0.1) is 0 Å². The van der Waals surface area contributed by atoms with Gasteiger partial charge in [0.25, 0.3) is 0 Å². The standard InChI is InChI=1S/C11H7N2O/c14-11-12-8-5-1-3-7-4-2-6-9(13-11)10(7)8/h1-6H,(H,12,13). The minimum atomic E-state index is -0.295. The maximum absolute atomic E-state index is 11.2. The molecular weight excluding hydrogens is 176 g/mol. The Morgan fingerprint density at radius 2 is 1.86 bits per heavy atom. The van der Waals surface area contributed by atoms with E-state index < -0.39 is 0 Å². The molecule has 0 amide bonds. The van der Waals surface area contributed by atoms with Crippen molar-refractivity contribution in [3.8, 4) is 0 Å². The lowest BCUT2D eigenvalue weighted by atomic mass is 10.1. The molecule has 67 valence electrons. The van der Waals surface area contributed by atoms with E-state index in [0.29, 0.717) is 0 Å². The van der Waals surface area contributed by atoms with Gasteiger partial charge in [-0.2, -0.15) is 4.99 Å². The first-order valence-electron chi connectivity index (χ1n) is 4.39. The average molecular weight is 183 g/mol. The minimum Gasteiger partial charge on any atom is -0.305 e. The number of amidine groups is 1. The molecule has 1 aliphatic rings. The number of aliphatic imine (C=N–C) groups is 1. The third-order valence-electron chi connectivity index (χ3n) is 2.35. The normalized spacial score (nSPS) is 13.6. The summed E-state index contributed by atoms with van der Waals surface area (Å²) in [6.45, 7) is 0. The van der Waals surface area contributed by atoms with Crippen LogP contribution in [0, 0.1) is 0 Å². The van der Waals surface area contributed by atoms with Gasteiger partial charge < -0.3 is 5.32 Å². The molecular formula is C11H7N2O. The summed E-state index contributed by atoms with van der Waals surface area (Å²) < 4.78 is 0. The molecule has 3 nitrogen and oxygen atoms in total. The number of nitrogens with one attached hydrogen (secondary N) is 1. The molecule has 0 unspecified atom stereocenters. The molecule has 0 saturated carbocycles. The van der Waals surface area contributed by atoms with Crippen LogP contribution >= 0.6 is 0 Å². The Balaban J connectivity index is 2.50. The minimum absolute atomic E-state index is 0.295. The topological polar surface area (TPSA) is 44.3 Å². The van der Waals surface area contributed by atoms with Crippen molar-refractivity contribution in [3.05, 3.63) is 36.4 Å². The summed E-state index contributed by atoms with van der Waals surface area (Å²) in [6.07, 6.45) is 0. The summed E-state index contributed by atoms with van der Waals surface area (Å²) in [7, 11) is 0. The van der Waals surface area contributed by atoms with Crippen LogP contribution in [-0.2, 0) is 5.11 Å². The highest BCUT2D eigenvalue weighted by Gasteiger charge is 2.13. The molecule has 2 aromatic rings. The van der Waals surface area contributed by atoms with E-state index in [4.69, 9.17) is 0 Å². The van der Waals surface area contributed by atoms with Gasteiger partial charge in [0, 0.05) is 5.39 Å². The van der Waals surface area contributed by atoms with Crippen molar-refractivity contribution < 1.29 is 5.11 Å². The zero-order valence-electron chi connectivity index (χ0n) is 7.32. The molecule has 0 aliphatic carbocycles. The second-order valence-electron chi connectivity index (χ2n) is 3.22. The molecule has 0 saturated heterocycles.